The van der Waals surface area contributed by atoms with Crippen molar-refractivity contribution in [1.29, 1.82) is 0 Å². The molecule has 0 radical (unpaired) electrons. The number of benzene rings is 1. The largest absolute Gasteiger partial charge is 0.398 e. The van der Waals surface area contributed by atoms with Crippen molar-refractivity contribution in [3.8, 4) is 0 Å². The summed E-state index contributed by atoms with van der Waals surface area (Å²) in [6.45, 7) is 3.31. The number of hydrogen-bond acceptors (Lipinski definition) is 3. The van der Waals surface area contributed by atoms with E-state index in [0.29, 0.717) is 5.84 Å². The van der Waals surface area contributed by atoms with Gasteiger partial charge in [-0.1, -0.05) is 17.3 Å². The number of para-hydroxylation sites is 2. The van der Waals surface area contributed by atoms with Crippen LogP contribution in [0, 0.1) is 0 Å². The molecule has 0 bridgehead atoms. The van der Waals surface area contributed by atoms with Gasteiger partial charge in [-0.25, -0.2) is 0 Å². The van der Waals surface area contributed by atoms with E-state index < -0.39 is 0 Å². The van der Waals surface area contributed by atoms with Crippen molar-refractivity contribution in [2.24, 2.45) is 5.16 Å². The Kier molecular flexibility index (Phi) is 4.51. The minimum absolute atomic E-state index is 0.104. The van der Waals surface area contributed by atoms with Crippen LogP contribution in [-0.4, -0.2) is 25.9 Å². The zero-order valence-corrected chi connectivity index (χ0v) is 10.5. The number of anilines is 2. The predicted octanol–water partition coefficient (Wildman–Crippen LogP) is 2.06. The fraction of sp³-hybridized carbons (Fsp3) is 0.333. The average Bonchev–Trinajstić information content (AvgIpc) is 2.28. The molecule has 0 aliphatic carbocycles. The Morgan fingerprint density at radius 1 is 1.35 bits per heavy atom. The van der Waals surface area contributed by atoms with Crippen LogP contribution in [0.3, 0.4) is 0 Å². The normalized spacial score (nSPS) is 10.9. The van der Waals surface area contributed by atoms with Gasteiger partial charge in [-0.15, -0.1) is 0 Å². The average molecular weight is 235 g/mol. The summed E-state index contributed by atoms with van der Waals surface area (Å²) < 4.78 is 0. The number of carbonyl (C=O) groups is 1. The minimum atomic E-state index is -0.104. The van der Waals surface area contributed by atoms with E-state index in [1.165, 1.54) is 14.0 Å². The molecule has 0 fully saturated rings. The van der Waals surface area contributed by atoms with Crippen LogP contribution >= 0.6 is 0 Å². The van der Waals surface area contributed by atoms with Crippen LogP contribution in [0.2, 0.25) is 0 Å². The number of amides is 1. The topological polar surface area (TPSA) is 53.9 Å². The molecule has 0 aliphatic heterocycles. The molecule has 1 amide bonds. The molecule has 1 aromatic carbocycles. The molecule has 0 atom stereocenters. The Balaban J connectivity index is 3.04. The summed E-state index contributed by atoms with van der Waals surface area (Å²) in [6, 6.07) is 7.51. The molecule has 0 saturated carbocycles. The molecular formula is C12H17N3O2. The van der Waals surface area contributed by atoms with Crippen molar-refractivity contribution in [2.45, 2.75) is 13.8 Å². The highest BCUT2D eigenvalue weighted by molar-refractivity contribution is 6.01. The first-order valence-electron chi connectivity index (χ1n) is 5.24. The van der Waals surface area contributed by atoms with Crippen molar-refractivity contribution < 1.29 is 9.63 Å². The van der Waals surface area contributed by atoms with Gasteiger partial charge >= 0.3 is 0 Å². The Bertz CT molecular complexity index is 430. The zero-order chi connectivity index (χ0) is 12.8. The standard InChI is InChI=1S/C12H17N3O2/c1-9(14-17-4)15(3)12-8-6-5-7-11(12)13-10(2)16/h5-8H,1-4H3,(H,13,16). The second-order valence-electron chi connectivity index (χ2n) is 3.58. The highest BCUT2D eigenvalue weighted by Gasteiger charge is 2.10. The fourth-order valence-electron chi connectivity index (χ4n) is 1.43. The number of hydrogen-bond donors (Lipinski definition) is 1. The van der Waals surface area contributed by atoms with Crippen molar-refractivity contribution in [2.75, 3.05) is 24.4 Å². The lowest BCUT2D eigenvalue weighted by atomic mass is 10.2. The van der Waals surface area contributed by atoms with Gasteiger partial charge in [-0.3, -0.25) is 4.79 Å². The quantitative estimate of drug-likeness (QED) is 0.495. The lowest BCUT2D eigenvalue weighted by Gasteiger charge is -2.21. The Morgan fingerprint density at radius 2 is 2.00 bits per heavy atom. The van der Waals surface area contributed by atoms with Gasteiger partial charge in [0, 0.05) is 14.0 Å². The smallest absolute Gasteiger partial charge is 0.221 e. The van der Waals surface area contributed by atoms with E-state index in [0.717, 1.165) is 11.4 Å². The van der Waals surface area contributed by atoms with Crippen molar-refractivity contribution in [3.05, 3.63) is 24.3 Å². The SMILES string of the molecule is CON=C(C)N(C)c1ccccc1NC(C)=O. The van der Waals surface area contributed by atoms with Gasteiger partial charge in [0.25, 0.3) is 0 Å². The van der Waals surface area contributed by atoms with E-state index in [1.807, 2.05) is 43.1 Å². The molecule has 92 valence electrons. The minimum Gasteiger partial charge on any atom is -0.398 e. The summed E-state index contributed by atoms with van der Waals surface area (Å²) in [4.78, 5) is 17.7. The third-order valence-electron chi connectivity index (χ3n) is 2.28. The summed E-state index contributed by atoms with van der Waals surface area (Å²) in [5.74, 6) is 0.595. The highest BCUT2D eigenvalue weighted by atomic mass is 16.6. The fourth-order valence-corrected chi connectivity index (χ4v) is 1.43. The van der Waals surface area contributed by atoms with E-state index in [-0.39, 0.29) is 5.91 Å². The molecule has 0 aliphatic rings. The molecule has 17 heavy (non-hydrogen) atoms. The highest BCUT2D eigenvalue weighted by Crippen LogP contribution is 2.24. The van der Waals surface area contributed by atoms with Crippen LogP contribution in [0.1, 0.15) is 13.8 Å². The lowest BCUT2D eigenvalue weighted by molar-refractivity contribution is -0.114. The molecule has 5 heteroatoms. The first-order chi connectivity index (χ1) is 8.06. The van der Waals surface area contributed by atoms with Crippen LogP contribution < -0.4 is 10.2 Å². The molecule has 1 aromatic rings. The van der Waals surface area contributed by atoms with E-state index in [2.05, 4.69) is 10.5 Å². The monoisotopic (exact) mass is 235 g/mol. The van der Waals surface area contributed by atoms with E-state index >= 15 is 0 Å². The van der Waals surface area contributed by atoms with Gasteiger partial charge < -0.3 is 15.1 Å². The summed E-state index contributed by atoms with van der Waals surface area (Å²) in [7, 11) is 3.36. The molecule has 5 nitrogen and oxygen atoms in total. The van der Waals surface area contributed by atoms with E-state index in [4.69, 9.17) is 4.84 Å². The summed E-state index contributed by atoms with van der Waals surface area (Å²) in [6.07, 6.45) is 0. The van der Waals surface area contributed by atoms with Gasteiger partial charge in [-0.2, -0.15) is 0 Å². The molecular weight excluding hydrogens is 218 g/mol. The van der Waals surface area contributed by atoms with Gasteiger partial charge in [0.15, 0.2) is 0 Å². The second-order valence-corrected chi connectivity index (χ2v) is 3.58. The number of carbonyl (C=O) groups excluding carboxylic acids is 1. The third-order valence-corrected chi connectivity index (χ3v) is 2.28. The zero-order valence-electron chi connectivity index (χ0n) is 10.5. The second kappa shape index (κ2) is 5.89. The van der Waals surface area contributed by atoms with Gasteiger partial charge in [0.1, 0.15) is 12.9 Å². The number of nitrogens with one attached hydrogen (secondary N) is 1. The van der Waals surface area contributed by atoms with Crippen LogP contribution in [0.5, 0.6) is 0 Å². The van der Waals surface area contributed by atoms with Gasteiger partial charge in [0.2, 0.25) is 5.91 Å². The van der Waals surface area contributed by atoms with Crippen LogP contribution in [0.4, 0.5) is 11.4 Å². The molecule has 0 aromatic heterocycles. The Morgan fingerprint density at radius 3 is 2.59 bits per heavy atom. The number of rotatable bonds is 3. The summed E-state index contributed by atoms with van der Waals surface area (Å²) in [5, 5.41) is 6.63. The first kappa shape index (κ1) is 13.0. The Hall–Kier alpha value is -2.04. The first-order valence-corrected chi connectivity index (χ1v) is 5.24. The van der Waals surface area contributed by atoms with Crippen LogP contribution in [-0.2, 0) is 9.63 Å². The molecule has 1 rings (SSSR count). The van der Waals surface area contributed by atoms with E-state index in [9.17, 15) is 4.79 Å². The molecule has 0 unspecified atom stereocenters. The maximum Gasteiger partial charge on any atom is 0.221 e. The van der Waals surface area contributed by atoms with Crippen molar-refractivity contribution in [3.63, 3.8) is 0 Å². The molecule has 0 spiro atoms. The molecule has 0 heterocycles. The van der Waals surface area contributed by atoms with Gasteiger partial charge in [0.05, 0.1) is 11.4 Å². The maximum absolute atomic E-state index is 11.1. The maximum atomic E-state index is 11.1. The van der Waals surface area contributed by atoms with Gasteiger partial charge in [-0.05, 0) is 19.1 Å². The van der Waals surface area contributed by atoms with Crippen molar-refractivity contribution in [1.82, 2.24) is 0 Å². The van der Waals surface area contributed by atoms with Crippen LogP contribution in [0.15, 0.2) is 29.4 Å². The van der Waals surface area contributed by atoms with E-state index in [1.54, 1.807) is 0 Å². The molecule has 0 saturated heterocycles. The predicted molar refractivity (Wildman–Crippen MR) is 69.3 cm³/mol. The number of oxime groups is 1. The Labute approximate surface area is 101 Å². The molecule has 1 N–H and O–H groups in total. The third kappa shape index (κ3) is 3.48. The lowest BCUT2D eigenvalue weighted by Crippen LogP contribution is -2.25. The summed E-state index contributed by atoms with van der Waals surface area (Å²) >= 11 is 0. The summed E-state index contributed by atoms with van der Waals surface area (Å²) in [5.41, 5.74) is 1.61. The van der Waals surface area contributed by atoms with Crippen molar-refractivity contribution >= 4 is 23.1 Å². The number of amidine groups is 1. The number of nitrogens with zero attached hydrogens (tertiary/aromatic N) is 2. The van der Waals surface area contributed by atoms with Crippen LogP contribution in [0.25, 0.3) is 0 Å².